The van der Waals surface area contributed by atoms with Gasteiger partial charge in [-0.25, -0.2) is 0 Å². The van der Waals surface area contributed by atoms with Crippen molar-refractivity contribution in [1.29, 1.82) is 0 Å². The van der Waals surface area contributed by atoms with Crippen molar-refractivity contribution in [2.45, 2.75) is 19.8 Å². The lowest BCUT2D eigenvalue weighted by Crippen LogP contribution is -2.33. The Labute approximate surface area is 54.5 Å². The standard InChI is InChI=1S/C6H12N2O/c1-4-2-5(3-4)6(7)8-9/h4-5,9H,2-3H2,1H3,(H2,7,8). The molecule has 0 spiro atoms. The van der Waals surface area contributed by atoms with Gasteiger partial charge in [-0.05, 0) is 18.8 Å². The summed E-state index contributed by atoms with van der Waals surface area (Å²) >= 11 is 0. The van der Waals surface area contributed by atoms with Gasteiger partial charge in [-0.2, -0.15) is 0 Å². The van der Waals surface area contributed by atoms with Crippen LogP contribution < -0.4 is 5.73 Å². The number of nitrogens with zero attached hydrogens (tertiary/aromatic N) is 1. The molecule has 52 valence electrons. The van der Waals surface area contributed by atoms with Gasteiger partial charge in [-0.1, -0.05) is 12.1 Å². The molecule has 3 N–H and O–H groups in total. The zero-order valence-corrected chi connectivity index (χ0v) is 5.54. The maximum Gasteiger partial charge on any atom is 0.142 e. The maximum atomic E-state index is 8.22. The number of hydrogen-bond acceptors (Lipinski definition) is 2. The van der Waals surface area contributed by atoms with Crippen molar-refractivity contribution < 1.29 is 5.21 Å². The minimum Gasteiger partial charge on any atom is -0.409 e. The summed E-state index contributed by atoms with van der Waals surface area (Å²) in [7, 11) is 0. The van der Waals surface area contributed by atoms with Gasteiger partial charge >= 0.3 is 0 Å². The Bertz CT molecular complexity index is 127. The zero-order chi connectivity index (χ0) is 6.85. The molecule has 3 nitrogen and oxygen atoms in total. The van der Waals surface area contributed by atoms with E-state index in [0.717, 1.165) is 18.8 Å². The number of amidine groups is 1. The first-order valence-corrected chi connectivity index (χ1v) is 3.21. The Hall–Kier alpha value is -0.730. The van der Waals surface area contributed by atoms with Gasteiger partial charge in [-0.15, -0.1) is 0 Å². The number of rotatable bonds is 1. The van der Waals surface area contributed by atoms with Crippen LogP contribution in [0.5, 0.6) is 0 Å². The molecule has 0 atom stereocenters. The van der Waals surface area contributed by atoms with Gasteiger partial charge in [0.15, 0.2) is 0 Å². The van der Waals surface area contributed by atoms with Crippen molar-refractivity contribution in [3.8, 4) is 0 Å². The van der Waals surface area contributed by atoms with E-state index in [1.165, 1.54) is 0 Å². The summed E-state index contributed by atoms with van der Waals surface area (Å²) in [6.07, 6.45) is 2.16. The number of hydrogen-bond donors (Lipinski definition) is 2. The van der Waals surface area contributed by atoms with Gasteiger partial charge < -0.3 is 10.9 Å². The predicted octanol–water partition coefficient (Wildman–Crippen LogP) is 0.779. The first kappa shape index (κ1) is 6.39. The molecule has 0 aromatic heterocycles. The van der Waals surface area contributed by atoms with E-state index in [1.807, 2.05) is 0 Å². The highest BCUT2D eigenvalue weighted by atomic mass is 16.4. The SMILES string of the molecule is CC1CC(/C(N)=N/O)C1. The van der Waals surface area contributed by atoms with Crippen LogP contribution in [0.4, 0.5) is 0 Å². The second-order valence-corrected chi connectivity index (χ2v) is 2.80. The van der Waals surface area contributed by atoms with E-state index in [9.17, 15) is 0 Å². The van der Waals surface area contributed by atoms with Crippen molar-refractivity contribution in [2.75, 3.05) is 0 Å². The second kappa shape index (κ2) is 2.25. The highest BCUT2D eigenvalue weighted by Crippen LogP contribution is 2.32. The van der Waals surface area contributed by atoms with E-state index in [0.29, 0.717) is 11.8 Å². The van der Waals surface area contributed by atoms with E-state index >= 15 is 0 Å². The van der Waals surface area contributed by atoms with Crippen LogP contribution in [0.3, 0.4) is 0 Å². The fourth-order valence-corrected chi connectivity index (χ4v) is 1.23. The Morgan fingerprint density at radius 3 is 2.56 bits per heavy atom. The van der Waals surface area contributed by atoms with Gasteiger partial charge in [0.25, 0.3) is 0 Å². The van der Waals surface area contributed by atoms with Gasteiger partial charge in [0.05, 0.1) is 0 Å². The Balaban J connectivity index is 2.32. The third kappa shape index (κ3) is 1.15. The van der Waals surface area contributed by atoms with E-state index in [-0.39, 0.29) is 0 Å². The molecule has 1 aliphatic rings. The topological polar surface area (TPSA) is 58.6 Å². The van der Waals surface area contributed by atoms with Crippen LogP contribution in [0, 0.1) is 11.8 Å². The van der Waals surface area contributed by atoms with E-state index in [4.69, 9.17) is 10.9 Å². The third-order valence-electron chi connectivity index (χ3n) is 1.91. The highest BCUT2D eigenvalue weighted by Gasteiger charge is 2.28. The quantitative estimate of drug-likeness (QED) is 0.237. The summed E-state index contributed by atoms with van der Waals surface area (Å²) in [5.41, 5.74) is 5.34. The van der Waals surface area contributed by atoms with Crippen LogP contribution in [0.2, 0.25) is 0 Å². The average molecular weight is 128 g/mol. The molecule has 0 heterocycles. The monoisotopic (exact) mass is 128 g/mol. The van der Waals surface area contributed by atoms with E-state index < -0.39 is 0 Å². The average Bonchev–Trinajstić information content (AvgIpc) is 1.79. The fourth-order valence-electron chi connectivity index (χ4n) is 1.23. The molecule has 0 aromatic carbocycles. The Morgan fingerprint density at radius 1 is 1.67 bits per heavy atom. The van der Waals surface area contributed by atoms with Crippen molar-refractivity contribution in [3.63, 3.8) is 0 Å². The van der Waals surface area contributed by atoms with Crippen LogP contribution in [-0.2, 0) is 0 Å². The molecule has 1 saturated carbocycles. The van der Waals surface area contributed by atoms with Crippen molar-refractivity contribution in [2.24, 2.45) is 22.7 Å². The fraction of sp³-hybridized carbons (Fsp3) is 0.833. The molecule has 1 fully saturated rings. The molecular formula is C6H12N2O. The first-order chi connectivity index (χ1) is 4.24. The molecule has 0 aromatic rings. The lowest BCUT2D eigenvalue weighted by atomic mass is 9.75. The van der Waals surface area contributed by atoms with Crippen molar-refractivity contribution in [1.82, 2.24) is 0 Å². The summed E-state index contributed by atoms with van der Waals surface area (Å²) in [5.74, 6) is 1.51. The normalized spacial score (nSPS) is 35.9. The smallest absolute Gasteiger partial charge is 0.142 e. The first-order valence-electron chi connectivity index (χ1n) is 3.21. The minimum absolute atomic E-state index is 0.352. The molecule has 0 bridgehead atoms. The van der Waals surface area contributed by atoms with Crippen LogP contribution >= 0.6 is 0 Å². The molecule has 0 saturated heterocycles. The van der Waals surface area contributed by atoms with Crippen LogP contribution in [0.1, 0.15) is 19.8 Å². The van der Waals surface area contributed by atoms with Crippen LogP contribution in [-0.4, -0.2) is 11.0 Å². The second-order valence-electron chi connectivity index (χ2n) is 2.80. The van der Waals surface area contributed by atoms with E-state index in [2.05, 4.69) is 12.1 Å². The van der Waals surface area contributed by atoms with Crippen molar-refractivity contribution >= 4 is 5.84 Å². The summed E-state index contributed by atoms with van der Waals surface area (Å²) in [6.45, 7) is 2.17. The molecule has 9 heavy (non-hydrogen) atoms. The molecule has 3 heteroatoms. The van der Waals surface area contributed by atoms with Gasteiger partial charge in [0.2, 0.25) is 0 Å². The molecule has 0 aliphatic heterocycles. The largest absolute Gasteiger partial charge is 0.409 e. The summed E-state index contributed by atoms with van der Waals surface area (Å²) < 4.78 is 0. The number of oxime groups is 1. The molecule has 0 radical (unpaired) electrons. The molecule has 1 aliphatic carbocycles. The van der Waals surface area contributed by atoms with Gasteiger partial charge in [0.1, 0.15) is 5.84 Å². The van der Waals surface area contributed by atoms with Crippen molar-refractivity contribution in [3.05, 3.63) is 0 Å². The minimum atomic E-state index is 0.352. The zero-order valence-electron chi connectivity index (χ0n) is 5.54. The Morgan fingerprint density at radius 2 is 2.22 bits per heavy atom. The summed E-state index contributed by atoms with van der Waals surface area (Å²) in [4.78, 5) is 0. The molecule has 0 unspecified atom stereocenters. The van der Waals surface area contributed by atoms with E-state index in [1.54, 1.807) is 0 Å². The lowest BCUT2D eigenvalue weighted by molar-refractivity contribution is 0.260. The van der Waals surface area contributed by atoms with Gasteiger partial charge in [0, 0.05) is 5.92 Å². The molecule has 1 rings (SSSR count). The highest BCUT2D eigenvalue weighted by molar-refractivity contribution is 5.82. The van der Waals surface area contributed by atoms with Gasteiger partial charge in [-0.3, -0.25) is 0 Å². The molecule has 0 amide bonds. The predicted molar refractivity (Wildman–Crippen MR) is 35.3 cm³/mol. The lowest BCUT2D eigenvalue weighted by Gasteiger charge is -2.31. The van der Waals surface area contributed by atoms with Crippen LogP contribution in [0.25, 0.3) is 0 Å². The van der Waals surface area contributed by atoms with Crippen LogP contribution in [0.15, 0.2) is 5.16 Å². The number of nitrogens with two attached hydrogens (primary N) is 1. The summed E-state index contributed by atoms with van der Waals surface area (Å²) in [6, 6.07) is 0. The summed E-state index contributed by atoms with van der Waals surface area (Å²) in [5, 5.41) is 11.2. The molecular weight excluding hydrogens is 116 g/mol. The Kier molecular flexibility index (Phi) is 1.60. The maximum absolute atomic E-state index is 8.22. The third-order valence-corrected chi connectivity index (χ3v) is 1.91.